The molecule has 1 aromatic rings. The van der Waals surface area contributed by atoms with Gasteiger partial charge in [0.2, 0.25) is 10.0 Å². The molecule has 0 bridgehead atoms. The first-order valence-electron chi connectivity index (χ1n) is 7.71. The molecule has 1 aliphatic rings. The topological polar surface area (TPSA) is 101 Å². The smallest absolute Gasteiger partial charge is 0.338 e. The summed E-state index contributed by atoms with van der Waals surface area (Å²) in [6.07, 6.45) is 0. The molecule has 0 aliphatic carbocycles. The number of benzene rings is 1. The van der Waals surface area contributed by atoms with E-state index in [1.807, 2.05) is 0 Å². The van der Waals surface area contributed by atoms with Crippen molar-refractivity contribution in [3.05, 3.63) is 35.4 Å². The molecule has 132 valence electrons. The lowest BCUT2D eigenvalue weighted by atomic mass is 9.99. The third-order valence-electron chi connectivity index (χ3n) is 4.10. The Balaban J connectivity index is 2.07. The lowest BCUT2D eigenvalue weighted by molar-refractivity contribution is -0.142. The van der Waals surface area contributed by atoms with Crippen LogP contribution in [-0.2, 0) is 25.3 Å². The number of carboxylic acid groups (broad SMARTS) is 1. The van der Waals surface area contributed by atoms with Crippen LogP contribution in [0.15, 0.2) is 24.3 Å². The van der Waals surface area contributed by atoms with E-state index < -0.39 is 27.9 Å². The number of esters is 1. The van der Waals surface area contributed by atoms with Gasteiger partial charge in [-0.3, -0.25) is 4.79 Å². The molecular weight excluding hydrogens is 334 g/mol. The first kappa shape index (κ1) is 18.4. The summed E-state index contributed by atoms with van der Waals surface area (Å²) in [5.74, 6) is -2.55. The zero-order valence-electron chi connectivity index (χ0n) is 13.6. The summed E-state index contributed by atoms with van der Waals surface area (Å²) < 4.78 is 31.1. The van der Waals surface area contributed by atoms with Gasteiger partial charge in [-0.2, -0.15) is 0 Å². The van der Waals surface area contributed by atoms with Crippen LogP contribution in [0.2, 0.25) is 0 Å². The maximum Gasteiger partial charge on any atom is 0.338 e. The van der Waals surface area contributed by atoms with Gasteiger partial charge in [0.1, 0.15) is 0 Å². The van der Waals surface area contributed by atoms with Gasteiger partial charge in [0.25, 0.3) is 0 Å². The van der Waals surface area contributed by atoms with Crippen LogP contribution in [0.25, 0.3) is 0 Å². The van der Waals surface area contributed by atoms with Crippen LogP contribution in [0.3, 0.4) is 0 Å². The highest BCUT2D eigenvalue weighted by Gasteiger charge is 2.39. The highest BCUT2D eigenvalue weighted by molar-refractivity contribution is 7.88. The zero-order valence-corrected chi connectivity index (χ0v) is 14.5. The van der Waals surface area contributed by atoms with Gasteiger partial charge in [0.05, 0.1) is 23.8 Å². The van der Waals surface area contributed by atoms with Crippen molar-refractivity contribution in [1.82, 2.24) is 4.31 Å². The Morgan fingerprint density at radius 2 is 1.88 bits per heavy atom. The molecule has 2 rings (SSSR count). The maximum atomic E-state index is 12.5. The quantitative estimate of drug-likeness (QED) is 0.773. The molecule has 1 fully saturated rings. The van der Waals surface area contributed by atoms with Crippen LogP contribution >= 0.6 is 0 Å². The van der Waals surface area contributed by atoms with Crippen LogP contribution in [0.5, 0.6) is 0 Å². The molecule has 0 radical (unpaired) electrons. The molecule has 7 nitrogen and oxygen atoms in total. The number of aliphatic carboxylic acids is 1. The fourth-order valence-corrected chi connectivity index (χ4v) is 4.37. The number of carbonyl (C=O) groups excluding carboxylic acids is 1. The Kier molecular flexibility index (Phi) is 5.61. The molecule has 8 heteroatoms. The molecule has 0 amide bonds. The zero-order chi connectivity index (χ0) is 17.9. The van der Waals surface area contributed by atoms with Crippen LogP contribution in [0.1, 0.15) is 29.8 Å². The average Bonchev–Trinajstić information content (AvgIpc) is 2.91. The Labute approximate surface area is 141 Å². The molecule has 2 atom stereocenters. The van der Waals surface area contributed by atoms with E-state index in [1.165, 1.54) is 16.4 Å². The number of hydrogen-bond acceptors (Lipinski definition) is 5. The molecule has 0 aromatic heterocycles. The Hall–Kier alpha value is -1.93. The molecule has 1 saturated heterocycles. The van der Waals surface area contributed by atoms with Crippen LogP contribution in [-0.4, -0.2) is 49.5 Å². The van der Waals surface area contributed by atoms with Crippen molar-refractivity contribution < 1.29 is 27.9 Å². The van der Waals surface area contributed by atoms with Crippen molar-refractivity contribution in [3.63, 3.8) is 0 Å². The minimum Gasteiger partial charge on any atom is -0.481 e. The molecule has 24 heavy (non-hydrogen) atoms. The Morgan fingerprint density at radius 1 is 1.25 bits per heavy atom. The van der Waals surface area contributed by atoms with Crippen molar-refractivity contribution in [2.45, 2.75) is 19.6 Å². The summed E-state index contributed by atoms with van der Waals surface area (Å²) in [6.45, 7) is 3.93. The van der Waals surface area contributed by atoms with Crippen molar-refractivity contribution >= 4 is 22.0 Å². The summed E-state index contributed by atoms with van der Waals surface area (Å²) in [5.41, 5.74) is 0.896. The summed E-state index contributed by atoms with van der Waals surface area (Å²) in [4.78, 5) is 22.7. The van der Waals surface area contributed by atoms with E-state index in [0.29, 0.717) is 11.1 Å². The van der Waals surface area contributed by atoms with Gasteiger partial charge in [0.15, 0.2) is 0 Å². The molecule has 0 saturated carbocycles. The van der Waals surface area contributed by atoms with Crippen molar-refractivity contribution in [1.29, 1.82) is 0 Å². The highest BCUT2D eigenvalue weighted by atomic mass is 32.2. The minimum atomic E-state index is -3.60. The van der Waals surface area contributed by atoms with Crippen molar-refractivity contribution in [3.8, 4) is 0 Å². The van der Waals surface area contributed by atoms with Gasteiger partial charge in [-0.1, -0.05) is 19.1 Å². The SMILES string of the molecule is CCOC(=O)c1ccc(CS(=O)(=O)N2C[C@@H](C)[C@H](C(=O)O)C2)cc1. The Morgan fingerprint density at radius 3 is 2.38 bits per heavy atom. The standard InChI is InChI=1S/C16H21NO6S/c1-3-23-16(20)13-6-4-12(5-7-13)10-24(21,22)17-8-11(2)14(9-17)15(18)19/h4-7,11,14H,3,8-10H2,1-2H3,(H,18,19)/t11-,14-/m1/s1. The number of carboxylic acids is 1. The second kappa shape index (κ2) is 7.31. The van der Waals surface area contributed by atoms with Gasteiger partial charge in [0, 0.05) is 13.1 Å². The normalized spacial score (nSPS) is 21.6. The van der Waals surface area contributed by atoms with Crippen LogP contribution in [0.4, 0.5) is 0 Å². The van der Waals surface area contributed by atoms with Gasteiger partial charge >= 0.3 is 11.9 Å². The number of nitrogens with zero attached hydrogens (tertiary/aromatic N) is 1. The summed E-state index contributed by atoms with van der Waals surface area (Å²) in [7, 11) is -3.60. The van der Waals surface area contributed by atoms with Gasteiger partial charge < -0.3 is 9.84 Å². The third kappa shape index (κ3) is 4.12. The fourth-order valence-electron chi connectivity index (χ4n) is 2.72. The predicted molar refractivity (Wildman–Crippen MR) is 86.9 cm³/mol. The fraction of sp³-hybridized carbons (Fsp3) is 0.500. The monoisotopic (exact) mass is 355 g/mol. The summed E-state index contributed by atoms with van der Waals surface area (Å²) in [6, 6.07) is 6.18. The number of ether oxygens (including phenoxy) is 1. The summed E-state index contributed by atoms with van der Waals surface area (Å²) in [5, 5.41) is 9.12. The second-order valence-electron chi connectivity index (χ2n) is 5.91. The van der Waals surface area contributed by atoms with E-state index in [-0.39, 0.29) is 31.4 Å². The average molecular weight is 355 g/mol. The van der Waals surface area contributed by atoms with Gasteiger partial charge in [-0.25, -0.2) is 17.5 Å². The van der Waals surface area contributed by atoms with Crippen molar-refractivity contribution in [2.75, 3.05) is 19.7 Å². The molecule has 0 unspecified atom stereocenters. The first-order valence-corrected chi connectivity index (χ1v) is 9.32. The molecule has 0 spiro atoms. The number of sulfonamides is 1. The van der Waals surface area contributed by atoms with Crippen molar-refractivity contribution in [2.24, 2.45) is 11.8 Å². The van der Waals surface area contributed by atoms with E-state index in [4.69, 9.17) is 9.84 Å². The molecular formula is C16H21NO6S. The van der Waals surface area contributed by atoms with Gasteiger partial charge in [-0.15, -0.1) is 0 Å². The van der Waals surface area contributed by atoms with Gasteiger partial charge in [-0.05, 0) is 30.5 Å². The molecule has 1 heterocycles. The van der Waals surface area contributed by atoms with E-state index in [0.717, 1.165) is 0 Å². The number of rotatable bonds is 6. The molecule has 1 aromatic carbocycles. The third-order valence-corrected chi connectivity index (χ3v) is 5.89. The number of carbonyl (C=O) groups is 2. The molecule has 1 N–H and O–H groups in total. The van der Waals surface area contributed by atoms with E-state index in [1.54, 1.807) is 26.0 Å². The predicted octanol–water partition coefficient (Wildman–Crippen LogP) is 1.35. The van der Waals surface area contributed by atoms with E-state index in [9.17, 15) is 18.0 Å². The summed E-state index contributed by atoms with van der Waals surface area (Å²) >= 11 is 0. The lowest BCUT2D eigenvalue weighted by Gasteiger charge is -2.16. The first-order chi connectivity index (χ1) is 11.2. The molecule has 1 aliphatic heterocycles. The lowest BCUT2D eigenvalue weighted by Crippen LogP contribution is -2.31. The largest absolute Gasteiger partial charge is 0.481 e. The maximum absolute atomic E-state index is 12.5. The van der Waals surface area contributed by atoms with Crippen LogP contribution in [0, 0.1) is 11.8 Å². The minimum absolute atomic E-state index is 0.000255. The van der Waals surface area contributed by atoms with E-state index in [2.05, 4.69) is 0 Å². The van der Waals surface area contributed by atoms with E-state index >= 15 is 0 Å². The Bertz CT molecular complexity index is 713. The number of hydrogen-bond donors (Lipinski definition) is 1. The highest BCUT2D eigenvalue weighted by Crippen LogP contribution is 2.27. The van der Waals surface area contributed by atoms with Crippen LogP contribution < -0.4 is 0 Å². The second-order valence-corrected chi connectivity index (χ2v) is 7.88.